The van der Waals surface area contributed by atoms with Gasteiger partial charge in [0.15, 0.2) is 0 Å². The molecule has 0 fully saturated rings. The molecule has 0 saturated heterocycles. The van der Waals surface area contributed by atoms with E-state index in [4.69, 9.17) is 0 Å². The van der Waals surface area contributed by atoms with Gasteiger partial charge in [0.1, 0.15) is 0 Å². The monoisotopic (exact) mass is 231 g/mol. The molecule has 17 heavy (non-hydrogen) atoms. The summed E-state index contributed by atoms with van der Waals surface area (Å²) in [5, 5.41) is 8.21. The summed E-state index contributed by atoms with van der Waals surface area (Å²) in [7, 11) is 0. The molecule has 0 amide bonds. The molecule has 1 aromatic carbocycles. The quantitative estimate of drug-likeness (QED) is 0.774. The number of nitrogens with zero attached hydrogens (tertiary/aromatic N) is 1. The zero-order valence-electron chi connectivity index (χ0n) is 11.0. The Labute approximate surface area is 105 Å². The fourth-order valence-electron chi connectivity index (χ4n) is 2.44. The normalized spacial score (nSPS) is 19.1. The third-order valence-corrected chi connectivity index (χ3v) is 3.56. The highest BCUT2D eigenvalue weighted by molar-refractivity contribution is 5.36. The molecule has 2 rings (SSSR count). The van der Waals surface area contributed by atoms with E-state index in [9.17, 15) is 0 Å². The maximum Gasteiger partial charge on any atom is 0.0210 e. The van der Waals surface area contributed by atoms with Crippen molar-refractivity contribution in [2.45, 2.75) is 45.7 Å². The van der Waals surface area contributed by atoms with Gasteiger partial charge in [0.25, 0.3) is 0 Å². The fourth-order valence-corrected chi connectivity index (χ4v) is 2.44. The summed E-state index contributed by atoms with van der Waals surface area (Å²) in [4.78, 5) is 0. The number of aryl methyl sites for hydroxylation is 1. The lowest BCUT2D eigenvalue weighted by Crippen LogP contribution is -2.38. The summed E-state index contributed by atoms with van der Waals surface area (Å²) in [6.07, 6.45) is 3.60. The highest BCUT2D eigenvalue weighted by atomic mass is 15.0. The fraction of sp³-hybridized carbons (Fsp3) is 0.600. The Balaban J connectivity index is 1.87. The van der Waals surface area contributed by atoms with Crippen molar-refractivity contribution < 1.29 is 0 Å². The van der Waals surface area contributed by atoms with Crippen molar-refractivity contribution in [1.82, 2.24) is 5.32 Å². The highest BCUT2D eigenvalue weighted by Crippen LogP contribution is 2.20. The van der Waals surface area contributed by atoms with E-state index in [1.165, 1.54) is 24.0 Å². The summed E-state index contributed by atoms with van der Waals surface area (Å²) in [5.74, 6) is 0. The van der Waals surface area contributed by atoms with Gasteiger partial charge in [-0.1, -0.05) is 38.0 Å². The van der Waals surface area contributed by atoms with Crippen molar-refractivity contribution in [1.29, 1.82) is 0 Å². The molecule has 2 heteroatoms. The predicted molar refractivity (Wildman–Crippen MR) is 73.5 cm³/mol. The molecule has 2 nitrogen and oxygen atoms in total. The van der Waals surface area contributed by atoms with Gasteiger partial charge in [-0.05, 0) is 36.1 Å². The third-order valence-electron chi connectivity index (χ3n) is 3.56. The van der Waals surface area contributed by atoms with E-state index >= 15 is 0 Å². The van der Waals surface area contributed by atoms with Crippen molar-refractivity contribution >= 4 is 0 Å². The number of nitrogens with one attached hydrogen (secondary N) is 1. The number of unbranched alkanes of at least 4 members (excludes halogenated alkanes) is 1. The first-order chi connectivity index (χ1) is 8.31. The molecule has 1 heterocycles. The first-order valence-electron chi connectivity index (χ1n) is 6.75. The second-order valence-corrected chi connectivity index (χ2v) is 4.98. The van der Waals surface area contributed by atoms with Crippen LogP contribution in [0.5, 0.6) is 0 Å². The molecule has 0 aromatic heterocycles. The van der Waals surface area contributed by atoms with Gasteiger partial charge < -0.3 is 10.6 Å². The smallest absolute Gasteiger partial charge is 0.0210 e. The van der Waals surface area contributed by atoms with Crippen LogP contribution in [0.3, 0.4) is 0 Å². The van der Waals surface area contributed by atoms with Gasteiger partial charge in [0, 0.05) is 6.54 Å². The molecule has 0 spiro atoms. The van der Waals surface area contributed by atoms with Crippen molar-refractivity contribution in [3.8, 4) is 0 Å². The van der Waals surface area contributed by atoms with Crippen LogP contribution in [0.25, 0.3) is 5.32 Å². The topological polar surface area (TPSA) is 26.1 Å². The number of rotatable bonds is 5. The lowest BCUT2D eigenvalue weighted by Gasteiger charge is -2.32. The van der Waals surface area contributed by atoms with E-state index in [0.29, 0.717) is 6.04 Å². The van der Waals surface area contributed by atoms with Gasteiger partial charge in [0.05, 0.1) is 0 Å². The van der Waals surface area contributed by atoms with Crippen LogP contribution in [0, 0.1) is 6.92 Å². The zero-order valence-corrected chi connectivity index (χ0v) is 11.0. The molecule has 0 saturated carbocycles. The van der Waals surface area contributed by atoms with Crippen LogP contribution in [0.15, 0.2) is 18.2 Å². The molecule has 1 atom stereocenters. The average Bonchev–Trinajstić information content (AvgIpc) is 2.36. The van der Waals surface area contributed by atoms with Crippen LogP contribution >= 0.6 is 0 Å². The van der Waals surface area contributed by atoms with Gasteiger partial charge >= 0.3 is 0 Å². The Hall–Kier alpha value is -0.860. The first kappa shape index (κ1) is 12.6. The van der Waals surface area contributed by atoms with Crippen LogP contribution in [0.4, 0.5) is 0 Å². The van der Waals surface area contributed by atoms with Gasteiger partial charge in [0.2, 0.25) is 0 Å². The minimum Gasteiger partial charge on any atom is -0.661 e. The molecule has 0 unspecified atom stereocenters. The number of fused-ring (bicyclic) bond motifs is 1. The summed E-state index contributed by atoms with van der Waals surface area (Å²) < 4.78 is 0. The van der Waals surface area contributed by atoms with E-state index in [2.05, 4.69) is 42.7 Å². The van der Waals surface area contributed by atoms with Crippen LogP contribution in [0.2, 0.25) is 0 Å². The van der Waals surface area contributed by atoms with Crippen LogP contribution in [-0.4, -0.2) is 19.1 Å². The van der Waals surface area contributed by atoms with E-state index in [-0.39, 0.29) is 0 Å². The molecule has 0 radical (unpaired) electrons. The Kier molecular flexibility index (Phi) is 4.57. The van der Waals surface area contributed by atoms with Crippen LogP contribution in [-0.2, 0) is 13.0 Å². The molecule has 0 bridgehead atoms. The zero-order chi connectivity index (χ0) is 12.1. The molecule has 94 valence electrons. The highest BCUT2D eigenvalue weighted by Gasteiger charge is 2.16. The third kappa shape index (κ3) is 3.30. The van der Waals surface area contributed by atoms with Crippen LogP contribution in [0.1, 0.15) is 36.5 Å². The summed E-state index contributed by atoms with van der Waals surface area (Å²) in [6.45, 7) is 7.43. The van der Waals surface area contributed by atoms with Gasteiger partial charge in [-0.3, -0.25) is 0 Å². The Bertz CT molecular complexity index is 360. The lowest BCUT2D eigenvalue weighted by atomic mass is 9.92. The average molecular weight is 231 g/mol. The first-order valence-corrected chi connectivity index (χ1v) is 6.75. The number of benzene rings is 1. The Morgan fingerprint density at radius 2 is 2.29 bits per heavy atom. The van der Waals surface area contributed by atoms with E-state index in [1.54, 1.807) is 5.56 Å². The lowest BCUT2D eigenvalue weighted by molar-refractivity contribution is 0.496. The molecular formula is C15H23N2-. The van der Waals surface area contributed by atoms with Crippen molar-refractivity contribution in [3.63, 3.8) is 0 Å². The minimum atomic E-state index is 0.542. The van der Waals surface area contributed by atoms with E-state index < -0.39 is 0 Å². The predicted octanol–water partition coefficient (Wildman–Crippen LogP) is 3.18. The van der Waals surface area contributed by atoms with Gasteiger partial charge in [-0.25, -0.2) is 0 Å². The van der Waals surface area contributed by atoms with Crippen LogP contribution < -0.4 is 5.32 Å². The van der Waals surface area contributed by atoms with Gasteiger partial charge in [-0.15, -0.1) is 13.1 Å². The summed E-state index contributed by atoms with van der Waals surface area (Å²) >= 11 is 0. The largest absolute Gasteiger partial charge is 0.661 e. The minimum absolute atomic E-state index is 0.542. The molecule has 1 aliphatic rings. The molecule has 0 aliphatic carbocycles. The summed E-state index contributed by atoms with van der Waals surface area (Å²) in [6, 6.07) is 7.15. The maximum absolute atomic E-state index is 4.62. The SMILES string of the molecule is CCCC[N-]C[C@H]1Cc2c(C)cccc2CN1. The van der Waals surface area contributed by atoms with E-state index in [0.717, 1.165) is 26.1 Å². The second kappa shape index (κ2) is 6.18. The van der Waals surface area contributed by atoms with Crippen molar-refractivity contribution in [2.24, 2.45) is 0 Å². The number of hydrogen-bond acceptors (Lipinski definition) is 1. The van der Waals surface area contributed by atoms with E-state index in [1.807, 2.05) is 0 Å². The molecule has 1 aliphatic heterocycles. The maximum atomic E-state index is 4.62. The van der Waals surface area contributed by atoms with Gasteiger partial charge in [-0.2, -0.15) is 0 Å². The second-order valence-electron chi connectivity index (χ2n) is 4.98. The molecular weight excluding hydrogens is 208 g/mol. The number of hydrogen-bond donors (Lipinski definition) is 1. The molecule has 1 aromatic rings. The Morgan fingerprint density at radius 3 is 3.12 bits per heavy atom. The molecule has 1 N–H and O–H groups in total. The summed E-state index contributed by atoms with van der Waals surface area (Å²) in [5.41, 5.74) is 4.44. The van der Waals surface area contributed by atoms with Crippen molar-refractivity contribution in [2.75, 3.05) is 13.1 Å². The Morgan fingerprint density at radius 1 is 1.41 bits per heavy atom. The standard InChI is InChI=1S/C15H23N2/c1-3-4-8-16-11-14-9-15-12(2)6-5-7-13(15)10-17-14/h5-7,14,17H,3-4,8-11H2,1-2H3/q-1/t14-/m1/s1. The van der Waals surface area contributed by atoms with Crippen molar-refractivity contribution in [3.05, 3.63) is 40.2 Å².